The lowest BCUT2D eigenvalue weighted by Crippen LogP contribution is -2.44. The normalized spacial score (nSPS) is 15.5. The second-order valence-electron chi connectivity index (χ2n) is 6.02. The molecule has 2 heterocycles. The molecule has 1 aromatic heterocycles. The number of likely N-dealkylation sites (N-methyl/N-ethyl adjacent to an activating group) is 1. The predicted molar refractivity (Wildman–Crippen MR) is 93.1 cm³/mol. The molecule has 0 spiro atoms. The molecule has 5 nitrogen and oxygen atoms in total. The predicted octanol–water partition coefficient (Wildman–Crippen LogP) is 2.39. The first-order valence-corrected chi connectivity index (χ1v) is 7.89. The highest BCUT2D eigenvalue weighted by atomic mass is 16.1. The van der Waals surface area contributed by atoms with Crippen LogP contribution in [0.4, 0.5) is 11.5 Å². The van der Waals surface area contributed by atoms with Gasteiger partial charge in [-0.25, -0.2) is 4.98 Å². The third-order valence-electron chi connectivity index (χ3n) is 4.14. The van der Waals surface area contributed by atoms with E-state index < -0.39 is 0 Å². The fourth-order valence-corrected chi connectivity index (χ4v) is 2.69. The van der Waals surface area contributed by atoms with Gasteiger partial charge in [0.15, 0.2) is 0 Å². The summed E-state index contributed by atoms with van der Waals surface area (Å²) in [6, 6.07) is 11.4. The van der Waals surface area contributed by atoms with Crippen molar-refractivity contribution in [2.45, 2.75) is 6.92 Å². The lowest BCUT2D eigenvalue weighted by molar-refractivity contribution is 0.102. The summed E-state index contributed by atoms with van der Waals surface area (Å²) in [5.74, 6) is 0.447. The van der Waals surface area contributed by atoms with Crippen LogP contribution in [0.1, 0.15) is 15.9 Å². The van der Waals surface area contributed by atoms with Crippen LogP contribution in [-0.4, -0.2) is 49.0 Å². The highest BCUT2D eigenvalue weighted by Gasteiger charge is 2.14. The number of carbonyl (C=O) groups excluding carboxylic acids is 1. The van der Waals surface area contributed by atoms with Gasteiger partial charge in [0.05, 0.1) is 11.9 Å². The molecule has 5 heteroatoms. The van der Waals surface area contributed by atoms with Gasteiger partial charge in [0, 0.05) is 31.7 Å². The average Bonchev–Trinajstić information content (AvgIpc) is 2.56. The summed E-state index contributed by atoms with van der Waals surface area (Å²) in [5.41, 5.74) is 2.82. The standard InChI is InChI=1S/C18H22N4O/c1-14-4-3-5-15(12-14)18(23)20-17-7-6-16(13-19-17)22-10-8-21(2)9-11-22/h3-7,12-13H,8-11H2,1-2H3,(H,19,20,23). The van der Waals surface area contributed by atoms with E-state index in [0.29, 0.717) is 11.4 Å². The van der Waals surface area contributed by atoms with Crippen LogP contribution in [0.3, 0.4) is 0 Å². The Morgan fingerprint density at radius 3 is 2.57 bits per heavy atom. The summed E-state index contributed by atoms with van der Waals surface area (Å²) in [5, 5.41) is 2.85. The van der Waals surface area contributed by atoms with Crippen molar-refractivity contribution >= 4 is 17.4 Å². The maximum Gasteiger partial charge on any atom is 0.256 e. The van der Waals surface area contributed by atoms with Crippen molar-refractivity contribution in [2.24, 2.45) is 0 Å². The van der Waals surface area contributed by atoms with E-state index in [1.807, 2.05) is 43.5 Å². The van der Waals surface area contributed by atoms with E-state index >= 15 is 0 Å². The van der Waals surface area contributed by atoms with E-state index in [4.69, 9.17) is 0 Å². The number of hydrogen-bond donors (Lipinski definition) is 1. The molecule has 0 radical (unpaired) electrons. The van der Waals surface area contributed by atoms with Gasteiger partial charge in [0.1, 0.15) is 5.82 Å². The van der Waals surface area contributed by atoms with Crippen LogP contribution in [0, 0.1) is 6.92 Å². The Labute approximate surface area is 136 Å². The molecule has 0 aliphatic carbocycles. The molecule has 1 fully saturated rings. The average molecular weight is 310 g/mol. The fourth-order valence-electron chi connectivity index (χ4n) is 2.69. The van der Waals surface area contributed by atoms with Crippen molar-refractivity contribution in [3.05, 3.63) is 53.7 Å². The minimum absolute atomic E-state index is 0.131. The van der Waals surface area contributed by atoms with Gasteiger partial charge in [0.25, 0.3) is 5.91 Å². The number of aryl methyl sites for hydroxylation is 1. The van der Waals surface area contributed by atoms with Crippen LogP contribution in [0.25, 0.3) is 0 Å². The highest BCUT2D eigenvalue weighted by Crippen LogP contribution is 2.17. The second kappa shape index (κ2) is 6.79. The quantitative estimate of drug-likeness (QED) is 0.946. The molecule has 1 aliphatic rings. The van der Waals surface area contributed by atoms with Crippen molar-refractivity contribution in [1.29, 1.82) is 0 Å². The van der Waals surface area contributed by atoms with Crippen LogP contribution in [0.15, 0.2) is 42.6 Å². The minimum atomic E-state index is -0.131. The van der Waals surface area contributed by atoms with Crippen molar-refractivity contribution in [3.8, 4) is 0 Å². The first-order chi connectivity index (χ1) is 11.1. The first-order valence-electron chi connectivity index (χ1n) is 7.89. The van der Waals surface area contributed by atoms with E-state index in [1.165, 1.54) is 0 Å². The zero-order valence-electron chi connectivity index (χ0n) is 13.6. The van der Waals surface area contributed by atoms with Crippen LogP contribution >= 0.6 is 0 Å². The number of hydrogen-bond acceptors (Lipinski definition) is 4. The van der Waals surface area contributed by atoms with Crippen LogP contribution < -0.4 is 10.2 Å². The molecule has 120 valence electrons. The number of nitrogens with zero attached hydrogens (tertiary/aromatic N) is 3. The Morgan fingerprint density at radius 2 is 1.91 bits per heavy atom. The zero-order chi connectivity index (χ0) is 16.2. The Morgan fingerprint density at radius 1 is 1.13 bits per heavy atom. The van der Waals surface area contributed by atoms with Gasteiger partial charge in [-0.3, -0.25) is 4.79 Å². The van der Waals surface area contributed by atoms with Crippen molar-refractivity contribution in [1.82, 2.24) is 9.88 Å². The third kappa shape index (κ3) is 3.87. The third-order valence-corrected chi connectivity index (χ3v) is 4.14. The second-order valence-corrected chi connectivity index (χ2v) is 6.02. The fraction of sp³-hybridized carbons (Fsp3) is 0.333. The molecule has 0 unspecified atom stereocenters. The summed E-state index contributed by atoms with van der Waals surface area (Å²) in [4.78, 5) is 21.2. The van der Waals surface area contributed by atoms with E-state index in [-0.39, 0.29) is 5.91 Å². The molecule has 1 amide bonds. The lowest BCUT2D eigenvalue weighted by atomic mass is 10.1. The first kappa shape index (κ1) is 15.5. The van der Waals surface area contributed by atoms with Gasteiger partial charge in [-0.2, -0.15) is 0 Å². The summed E-state index contributed by atoms with van der Waals surface area (Å²) >= 11 is 0. The SMILES string of the molecule is Cc1cccc(C(=O)Nc2ccc(N3CCN(C)CC3)cn2)c1. The highest BCUT2D eigenvalue weighted by molar-refractivity contribution is 6.03. The number of nitrogens with one attached hydrogen (secondary N) is 1. The molecule has 23 heavy (non-hydrogen) atoms. The van der Waals surface area contributed by atoms with E-state index in [9.17, 15) is 4.79 Å². The van der Waals surface area contributed by atoms with Crippen LogP contribution in [0.2, 0.25) is 0 Å². The van der Waals surface area contributed by atoms with E-state index in [1.54, 1.807) is 6.07 Å². The lowest BCUT2D eigenvalue weighted by Gasteiger charge is -2.33. The molecule has 0 saturated carbocycles. The van der Waals surface area contributed by atoms with Gasteiger partial charge < -0.3 is 15.1 Å². The van der Waals surface area contributed by atoms with Crippen LogP contribution in [0.5, 0.6) is 0 Å². The van der Waals surface area contributed by atoms with E-state index in [0.717, 1.165) is 37.4 Å². The molecule has 1 aromatic carbocycles. The number of piperazine rings is 1. The summed E-state index contributed by atoms with van der Waals surface area (Å²) in [6.07, 6.45) is 1.83. The number of carbonyl (C=O) groups is 1. The molecule has 1 N–H and O–H groups in total. The summed E-state index contributed by atoms with van der Waals surface area (Å²) in [7, 11) is 2.14. The Hall–Kier alpha value is -2.40. The zero-order valence-corrected chi connectivity index (χ0v) is 13.6. The largest absolute Gasteiger partial charge is 0.368 e. The number of anilines is 2. The topological polar surface area (TPSA) is 48.5 Å². The Kier molecular flexibility index (Phi) is 4.57. The molecule has 0 atom stereocenters. The Balaban J connectivity index is 1.64. The molecule has 1 aliphatic heterocycles. The smallest absolute Gasteiger partial charge is 0.256 e. The van der Waals surface area contributed by atoms with Crippen molar-refractivity contribution in [2.75, 3.05) is 43.4 Å². The molecule has 0 bridgehead atoms. The molecule has 3 rings (SSSR count). The van der Waals surface area contributed by atoms with Crippen molar-refractivity contribution in [3.63, 3.8) is 0 Å². The summed E-state index contributed by atoms with van der Waals surface area (Å²) in [6.45, 7) is 6.11. The maximum atomic E-state index is 12.2. The molecular formula is C18H22N4O. The Bertz CT molecular complexity index is 676. The number of rotatable bonds is 3. The summed E-state index contributed by atoms with van der Waals surface area (Å²) < 4.78 is 0. The van der Waals surface area contributed by atoms with E-state index in [2.05, 4.69) is 27.1 Å². The van der Waals surface area contributed by atoms with Gasteiger partial charge in [0.2, 0.25) is 0 Å². The molecule has 1 saturated heterocycles. The van der Waals surface area contributed by atoms with Gasteiger partial charge in [-0.15, -0.1) is 0 Å². The molecular weight excluding hydrogens is 288 g/mol. The van der Waals surface area contributed by atoms with Gasteiger partial charge >= 0.3 is 0 Å². The van der Waals surface area contributed by atoms with Gasteiger partial charge in [-0.1, -0.05) is 17.7 Å². The number of amides is 1. The minimum Gasteiger partial charge on any atom is -0.368 e. The number of aromatic nitrogens is 1. The van der Waals surface area contributed by atoms with Crippen LogP contribution in [-0.2, 0) is 0 Å². The number of benzene rings is 1. The molecule has 2 aromatic rings. The number of pyridine rings is 1. The monoisotopic (exact) mass is 310 g/mol. The van der Waals surface area contributed by atoms with Gasteiger partial charge in [-0.05, 0) is 38.2 Å². The van der Waals surface area contributed by atoms with Crippen molar-refractivity contribution < 1.29 is 4.79 Å². The maximum absolute atomic E-state index is 12.2.